The second-order valence-electron chi connectivity index (χ2n) is 5.86. The molecule has 6 heteroatoms. The van der Waals surface area contributed by atoms with Gasteiger partial charge in [-0.15, -0.1) is 0 Å². The predicted octanol–water partition coefficient (Wildman–Crippen LogP) is 2.94. The Morgan fingerprint density at radius 2 is 2.04 bits per heavy atom. The lowest BCUT2D eigenvalue weighted by Gasteiger charge is -2.16. The minimum absolute atomic E-state index is 0.172. The van der Waals surface area contributed by atoms with Crippen molar-refractivity contribution >= 4 is 5.96 Å². The molecular weight excluding hydrogens is 307 g/mol. The summed E-state index contributed by atoms with van der Waals surface area (Å²) in [5.41, 5.74) is 2.75. The van der Waals surface area contributed by atoms with Crippen LogP contribution < -0.4 is 10.6 Å². The maximum Gasteiger partial charge on any atom is 0.191 e. The Labute approximate surface area is 142 Å². The molecule has 1 aromatic heterocycles. The number of rotatable bonds is 6. The summed E-state index contributed by atoms with van der Waals surface area (Å²) in [7, 11) is 1.72. The number of aromatic nitrogens is 1. The van der Waals surface area contributed by atoms with E-state index >= 15 is 0 Å². The summed E-state index contributed by atoms with van der Waals surface area (Å²) in [5, 5.41) is 10.5. The third-order valence-electron chi connectivity index (χ3n) is 4.03. The summed E-state index contributed by atoms with van der Waals surface area (Å²) < 4.78 is 18.8. The molecular formula is C18H25FN4O. The van der Waals surface area contributed by atoms with Crippen molar-refractivity contribution in [1.29, 1.82) is 0 Å². The van der Waals surface area contributed by atoms with E-state index in [0.717, 1.165) is 17.0 Å². The van der Waals surface area contributed by atoms with E-state index in [0.29, 0.717) is 31.0 Å². The van der Waals surface area contributed by atoms with Gasteiger partial charge >= 0.3 is 0 Å². The number of halogens is 1. The number of aryl methyl sites for hydroxylation is 2. The minimum Gasteiger partial charge on any atom is -0.361 e. The maximum atomic E-state index is 13.6. The van der Waals surface area contributed by atoms with Gasteiger partial charge in [-0.3, -0.25) is 4.99 Å². The van der Waals surface area contributed by atoms with Crippen LogP contribution in [-0.4, -0.2) is 31.3 Å². The van der Waals surface area contributed by atoms with Gasteiger partial charge in [0.05, 0.1) is 5.69 Å². The van der Waals surface area contributed by atoms with Gasteiger partial charge in [0.15, 0.2) is 5.96 Å². The largest absolute Gasteiger partial charge is 0.361 e. The van der Waals surface area contributed by atoms with Crippen LogP contribution in [0.1, 0.15) is 35.4 Å². The standard InChI is InChI=1S/C18H25FN4O/c1-12(17-13(2)23-24-14(17)3)11-22-18(20-4)21-10-9-15-7-5-6-8-16(15)19/h5-8,12H,9-11H2,1-4H3,(H2,20,21,22). The zero-order chi connectivity index (χ0) is 17.5. The Morgan fingerprint density at radius 1 is 1.29 bits per heavy atom. The first-order valence-corrected chi connectivity index (χ1v) is 8.13. The normalized spacial score (nSPS) is 13.0. The second-order valence-corrected chi connectivity index (χ2v) is 5.86. The summed E-state index contributed by atoms with van der Waals surface area (Å²) >= 11 is 0. The van der Waals surface area contributed by atoms with E-state index in [1.165, 1.54) is 6.07 Å². The molecule has 0 spiro atoms. The molecule has 0 aliphatic rings. The molecule has 1 aromatic carbocycles. The highest BCUT2D eigenvalue weighted by Crippen LogP contribution is 2.22. The molecule has 0 bridgehead atoms. The monoisotopic (exact) mass is 332 g/mol. The number of benzene rings is 1. The molecule has 0 fully saturated rings. The van der Waals surface area contributed by atoms with Gasteiger partial charge in [0.2, 0.25) is 0 Å². The molecule has 0 amide bonds. The fourth-order valence-corrected chi connectivity index (χ4v) is 2.78. The molecule has 130 valence electrons. The van der Waals surface area contributed by atoms with Crippen molar-refractivity contribution in [3.8, 4) is 0 Å². The zero-order valence-electron chi connectivity index (χ0n) is 14.7. The van der Waals surface area contributed by atoms with Gasteiger partial charge in [0, 0.05) is 31.6 Å². The van der Waals surface area contributed by atoms with Gasteiger partial charge in [-0.2, -0.15) is 0 Å². The molecule has 0 aliphatic carbocycles. The molecule has 0 saturated heterocycles. The number of aliphatic imine (C=N–C) groups is 1. The highest BCUT2D eigenvalue weighted by atomic mass is 19.1. The van der Waals surface area contributed by atoms with Gasteiger partial charge in [-0.05, 0) is 31.9 Å². The van der Waals surface area contributed by atoms with Crippen LogP contribution in [-0.2, 0) is 6.42 Å². The first-order chi connectivity index (χ1) is 11.5. The first kappa shape index (κ1) is 18.0. The zero-order valence-corrected chi connectivity index (χ0v) is 14.7. The molecule has 1 unspecified atom stereocenters. The highest BCUT2D eigenvalue weighted by molar-refractivity contribution is 5.79. The Kier molecular flexibility index (Phi) is 6.35. The molecule has 0 aliphatic heterocycles. The number of nitrogens with one attached hydrogen (secondary N) is 2. The summed E-state index contributed by atoms with van der Waals surface area (Å²) in [6, 6.07) is 6.82. The Balaban J connectivity index is 1.81. The Hall–Kier alpha value is -2.37. The van der Waals surface area contributed by atoms with Crippen LogP contribution in [0.15, 0.2) is 33.8 Å². The SMILES string of the molecule is CN=C(NCCc1ccccc1F)NCC(C)c1c(C)noc1C. The number of hydrogen-bond donors (Lipinski definition) is 2. The first-order valence-electron chi connectivity index (χ1n) is 8.13. The second kappa shape index (κ2) is 8.47. The van der Waals surface area contributed by atoms with Gasteiger partial charge < -0.3 is 15.2 Å². The van der Waals surface area contributed by atoms with Crippen LogP contribution >= 0.6 is 0 Å². The van der Waals surface area contributed by atoms with Crippen molar-refractivity contribution in [2.45, 2.75) is 33.1 Å². The maximum absolute atomic E-state index is 13.6. The average molecular weight is 332 g/mol. The van der Waals surface area contributed by atoms with E-state index in [-0.39, 0.29) is 11.7 Å². The Bertz CT molecular complexity index is 677. The molecule has 1 atom stereocenters. The Morgan fingerprint density at radius 3 is 2.67 bits per heavy atom. The summed E-state index contributed by atoms with van der Waals surface area (Å²) in [5.74, 6) is 1.63. The van der Waals surface area contributed by atoms with Crippen molar-refractivity contribution in [2.24, 2.45) is 4.99 Å². The lowest BCUT2D eigenvalue weighted by molar-refractivity contribution is 0.391. The van der Waals surface area contributed by atoms with Crippen LogP contribution in [0.4, 0.5) is 4.39 Å². The molecule has 5 nitrogen and oxygen atoms in total. The van der Waals surface area contributed by atoms with E-state index in [9.17, 15) is 4.39 Å². The number of guanidine groups is 1. The molecule has 0 saturated carbocycles. The van der Waals surface area contributed by atoms with E-state index in [1.807, 2.05) is 19.9 Å². The predicted molar refractivity (Wildman–Crippen MR) is 93.9 cm³/mol. The van der Waals surface area contributed by atoms with Crippen LogP contribution in [0.3, 0.4) is 0 Å². The van der Waals surface area contributed by atoms with Crippen molar-refractivity contribution in [3.05, 3.63) is 52.7 Å². The molecule has 1 heterocycles. The lowest BCUT2D eigenvalue weighted by Crippen LogP contribution is -2.40. The van der Waals surface area contributed by atoms with E-state index in [4.69, 9.17) is 4.52 Å². The van der Waals surface area contributed by atoms with Crippen molar-refractivity contribution in [2.75, 3.05) is 20.1 Å². The van der Waals surface area contributed by atoms with Gasteiger partial charge in [-0.25, -0.2) is 4.39 Å². The molecule has 2 rings (SSSR count). The van der Waals surface area contributed by atoms with Crippen LogP contribution in [0.2, 0.25) is 0 Å². The van der Waals surface area contributed by atoms with Gasteiger partial charge in [0.25, 0.3) is 0 Å². The lowest BCUT2D eigenvalue weighted by atomic mass is 10.00. The molecule has 2 aromatic rings. The van der Waals surface area contributed by atoms with Crippen molar-refractivity contribution < 1.29 is 8.91 Å². The van der Waals surface area contributed by atoms with Crippen LogP contribution in [0, 0.1) is 19.7 Å². The summed E-state index contributed by atoms with van der Waals surface area (Å²) in [6.07, 6.45) is 0.604. The van der Waals surface area contributed by atoms with Gasteiger partial charge in [-0.1, -0.05) is 30.3 Å². The van der Waals surface area contributed by atoms with E-state index < -0.39 is 0 Å². The average Bonchev–Trinajstić information content (AvgIpc) is 2.91. The van der Waals surface area contributed by atoms with Gasteiger partial charge in [0.1, 0.15) is 11.6 Å². The topological polar surface area (TPSA) is 62.5 Å². The summed E-state index contributed by atoms with van der Waals surface area (Å²) in [6.45, 7) is 7.31. The summed E-state index contributed by atoms with van der Waals surface area (Å²) in [4.78, 5) is 4.20. The molecule has 24 heavy (non-hydrogen) atoms. The number of hydrogen-bond acceptors (Lipinski definition) is 3. The van der Waals surface area contributed by atoms with E-state index in [2.05, 4.69) is 27.7 Å². The van der Waals surface area contributed by atoms with Crippen molar-refractivity contribution in [3.63, 3.8) is 0 Å². The third-order valence-corrected chi connectivity index (χ3v) is 4.03. The molecule has 2 N–H and O–H groups in total. The highest BCUT2D eigenvalue weighted by Gasteiger charge is 2.16. The number of nitrogens with zero attached hydrogens (tertiary/aromatic N) is 2. The smallest absolute Gasteiger partial charge is 0.191 e. The van der Waals surface area contributed by atoms with Crippen LogP contribution in [0.25, 0.3) is 0 Å². The van der Waals surface area contributed by atoms with Crippen molar-refractivity contribution in [1.82, 2.24) is 15.8 Å². The van der Waals surface area contributed by atoms with Crippen LogP contribution in [0.5, 0.6) is 0 Å². The fourth-order valence-electron chi connectivity index (χ4n) is 2.78. The third kappa shape index (κ3) is 4.57. The quantitative estimate of drug-likeness (QED) is 0.631. The molecule has 0 radical (unpaired) electrons. The van der Waals surface area contributed by atoms with E-state index in [1.54, 1.807) is 19.2 Å². The fraction of sp³-hybridized carbons (Fsp3) is 0.444. The minimum atomic E-state index is -0.172.